The number of hydrogen-bond donors (Lipinski definition) is 2. The van der Waals surface area contributed by atoms with Crippen molar-refractivity contribution in [3.63, 3.8) is 0 Å². The highest BCUT2D eigenvalue weighted by Gasteiger charge is 2.10. The molecule has 0 fully saturated rings. The normalized spacial score (nSPS) is 10.4. The summed E-state index contributed by atoms with van der Waals surface area (Å²) in [5, 5.41) is 15.7. The zero-order valence-electron chi connectivity index (χ0n) is 11.9. The summed E-state index contributed by atoms with van der Waals surface area (Å²) >= 11 is 1.42. The Morgan fingerprint density at radius 2 is 1.82 bits per heavy atom. The average Bonchev–Trinajstić information content (AvgIpc) is 2.90. The lowest BCUT2D eigenvalue weighted by Gasteiger charge is -2.02. The molecule has 3 rings (SSSR count). The molecule has 0 amide bonds. The molecule has 5 heteroatoms. The molecule has 0 saturated carbocycles. The number of anilines is 2. The lowest BCUT2D eigenvalue weighted by Crippen LogP contribution is -1.95. The quantitative estimate of drug-likeness (QED) is 0.769. The molecule has 0 atom stereocenters. The van der Waals surface area contributed by atoms with Crippen LogP contribution in [0.1, 0.15) is 5.56 Å². The average molecular weight is 310 g/mol. The number of rotatable bonds is 3. The summed E-state index contributed by atoms with van der Waals surface area (Å²) in [7, 11) is 0. The minimum atomic E-state index is -0.416. The maximum Gasteiger partial charge on any atom is 0.220 e. The Labute approximate surface area is 131 Å². The molecule has 1 aromatic heterocycles. The maximum atomic E-state index is 11.7. The van der Waals surface area contributed by atoms with Gasteiger partial charge in [-0.3, -0.25) is 4.79 Å². The van der Waals surface area contributed by atoms with Gasteiger partial charge < -0.3 is 10.4 Å². The summed E-state index contributed by atoms with van der Waals surface area (Å²) in [6.45, 7) is 2.03. The Hall–Kier alpha value is -2.66. The summed E-state index contributed by atoms with van der Waals surface area (Å²) in [5.74, 6) is -0.280. The largest absolute Gasteiger partial charge is 0.504 e. The van der Waals surface area contributed by atoms with Gasteiger partial charge in [0.1, 0.15) is 0 Å². The van der Waals surface area contributed by atoms with Crippen LogP contribution in [0.25, 0.3) is 11.3 Å². The maximum absolute atomic E-state index is 11.7. The predicted octanol–water partition coefficient (Wildman–Crippen LogP) is 3.93. The van der Waals surface area contributed by atoms with Crippen LogP contribution in [0.15, 0.2) is 58.7 Å². The highest BCUT2D eigenvalue weighted by molar-refractivity contribution is 7.14. The molecular weight excluding hydrogens is 296 g/mol. The second-order valence-corrected chi connectivity index (χ2v) is 5.73. The lowest BCUT2D eigenvalue weighted by atomic mass is 10.2. The van der Waals surface area contributed by atoms with Crippen molar-refractivity contribution in [1.29, 1.82) is 0 Å². The van der Waals surface area contributed by atoms with Crippen LogP contribution in [0.2, 0.25) is 0 Å². The Morgan fingerprint density at radius 1 is 1.09 bits per heavy atom. The van der Waals surface area contributed by atoms with Gasteiger partial charge in [0.05, 0.1) is 5.69 Å². The van der Waals surface area contributed by atoms with Crippen molar-refractivity contribution in [3.8, 4) is 17.0 Å². The molecule has 0 aliphatic rings. The Balaban J connectivity index is 1.92. The van der Waals surface area contributed by atoms with E-state index in [1.54, 1.807) is 18.2 Å². The fraction of sp³-hybridized carbons (Fsp3) is 0.0588. The zero-order valence-corrected chi connectivity index (χ0v) is 12.7. The van der Waals surface area contributed by atoms with Gasteiger partial charge in [0.25, 0.3) is 0 Å². The summed E-state index contributed by atoms with van der Waals surface area (Å²) in [4.78, 5) is 16.1. The van der Waals surface area contributed by atoms with Gasteiger partial charge in [-0.2, -0.15) is 0 Å². The van der Waals surface area contributed by atoms with Crippen molar-refractivity contribution >= 4 is 22.2 Å². The zero-order chi connectivity index (χ0) is 15.5. The second kappa shape index (κ2) is 5.99. The lowest BCUT2D eigenvalue weighted by molar-refractivity contribution is 0.473. The van der Waals surface area contributed by atoms with Gasteiger partial charge in [-0.15, -0.1) is 11.3 Å². The minimum Gasteiger partial charge on any atom is -0.504 e. The molecule has 22 heavy (non-hydrogen) atoms. The van der Waals surface area contributed by atoms with Gasteiger partial charge in [-0.05, 0) is 31.2 Å². The fourth-order valence-corrected chi connectivity index (χ4v) is 2.74. The molecule has 2 N–H and O–H groups in total. The van der Waals surface area contributed by atoms with Crippen molar-refractivity contribution in [1.82, 2.24) is 4.98 Å². The van der Waals surface area contributed by atoms with E-state index < -0.39 is 5.43 Å². The number of benzene rings is 1. The van der Waals surface area contributed by atoms with E-state index in [0.29, 0.717) is 16.4 Å². The van der Waals surface area contributed by atoms with Gasteiger partial charge in [-0.25, -0.2) is 4.98 Å². The Bertz CT molecular complexity index is 857. The van der Waals surface area contributed by atoms with Crippen LogP contribution in [0.3, 0.4) is 0 Å². The highest BCUT2D eigenvalue weighted by atomic mass is 32.1. The number of hydrogen-bond acceptors (Lipinski definition) is 5. The standard InChI is InChI=1S/C17H14N2O2S/c1-11-6-8-12(9-7-11)18-17-19-14(10-22-17)13-4-2-3-5-15(20)16(13)21/h2-10H,1H3,(H,18,19)(H,20,21). The minimum absolute atomic E-state index is 0.280. The second-order valence-electron chi connectivity index (χ2n) is 4.87. The third-order valence-corrected chi connectivity index (χ3v) is 3.95. The van der Waals surface area contributed by atoms with E-state index in [2.05, 4.69) is 10.3 Å². The van der Waals surface area contributed by atoms with Gasteiger partial charge >= 0.3 is 0 Å². The number of aromatic nitrogens is 1. The first-order valence-electron chi connectivity index (χ1n) is 6.75. The SMILES string of the molecule is Cc1ccc(Nc2nc(-c3ccccc(=O)c3O)cs2)cc1. The van der Waals surface area contributed by atoms with Gasteiger partial charge in [0, 0.05) is 16.6 Å². The number of nitrogens with one attached hydrogen (secondary N) is 1. The first-order valence-corrected chi connectivity index (χ1v) is 7.63. The van der Waals surface area contributed by atoms with Crippen LogP contribution in [-0.2, 0) is 0 Å². The number of thiazole rings is 1. The van der Waals surface area contributed by atoms with E-state index in [1.165, 1.54) is 23.0 Å². The van der Waals surface area contributed by atoms with E-state index in [0.717, 1.165) is 5.69 Å². The summed E-state index contributed by atoms with van der Waals surface area (Å²) in [6.07, 6.45) is 0. The van der Waals surface area contributed by atoms with Crippen molar-refractivity contribution in [2.75, 3.05) is 5.32 Å². The summed E-state index contributed by atoms with van der Waals surface area (Å²) in [5.41, 5.74) is 2.73. The number of nitrogens with zero attached hydrogens (tertiary/aromatic N) is 1. The molecule has 0 aliphatic carbocycles. The molecule has 0 spiro atoms. The van der Waals surface area contributed by atoms with Crippen molar-refractivity contribution in [3.05, 3.63) is 69.7 Å². The molecule has 110 valence electrons. The van der Waals surface area contributed by atoms with Crippen LogP contribution >= 0.6 is 11.3 Å². The van der Waals surface area contributed by atoms with E-state index in [4.69, 9.17) is 0 Å². The fourth-order valence-electron chi connectivity index (χ4n) is 2.01. The molecule has 3 aromatic rings. The first-order chi connectivity index (χ1) is 10.6. The van der Waals surface area contributed by atoms with Crippen molar-refractivity contribution in [2.45, 2.75) is 6.92 Å². The highest BCUT2D eigenvalue weighted by Crippen LogP contribution is 2.30. The molecule has 0 bridgehead atoms. The third-order valence-electron chi connectivity index (χ3n) is 3.19. The Morgan fingerprint density at radius 3 is 2.59 bits per heavy atom. The molecular formula is C17H14N2O2S. The van der Waals surface area contributed by atoms with E-state index in [9.17, 15) is 9.90 Å². The van der Waals surface area contributed by atoms with Crippen LogP contribution in [-0.4, -0.2) is 10.1 Å². The van der Waals surface area contributed by atoms with Gasteiger partial charge in [0.2, 0.25) is 5.43 Å². The van der Waals surface area contributed by atoms with Crippen LogP contribution < -0.4 is 10.7 Å². The molecule has 1 heterocycles. The van der Waals surface area contributed by atoms with Crippen molar-refractivity contribution in [2.24, 2.45) is 0 Å². The van der Waals surface area contributed by atoms with E-state index >= 15 is 0 Å². The topological polar surface area (TPSA) is 62.2 Å². The molecule has 0 unspecified atom stereocenters. The smallest absolute Gasteiger partial charge is 0.220 e. The van der Waals surface area contributed by atoms with Crippen molar-refractivity contribution < 1.29 is 5.11 Å². The molecule has 4 nitrogen and oxygen atoms in total. The molecule has 0 saturated heterocycles. The van der Waals surface area contributed by atoms with Gasteiger partial charge in [0.15, 0.2) is 10.9 Å². The van der Waals surface area contributed by atoms with Gasteiger partial charge in [-0.1, -0.05) is 29.8 Å². The number of aromatic hydroxyl groups is 1. The molecule has 0 aliphatic heterocycles. The summed E-state index contributed by atoms with van der Waals surface area (Å²) in [6, 6.07) is 14.3. The molecule has 2 aromatic carbocycles. The predicted molar refractivity (Wildman–Crippen MR) is 89.9 cm³/mol. The number of aryl methyl sites for hydroxylation is 1. The van der Waals surface area contributed by atoms with E-state index in [-0.39, 0.29) is 5.75 Å². The van der Waals surface area contributed by atoms with E-state index in [1.807, 2.05) is 36.6 Å². The monoisotopic (exact) mass is 310 g/mol. The van der Waals surface area contributed by atoms with Crippen LogP contribution in [0.5, 0.6) is 5.75 Å². The van der Waals surface area contributed by atoms with Crippen LogP contribution in [0.4, 0.5) is 10.8 Å². The molecule has 0 radical (unpaired) electrons. The first kappa shape index (κ1) is 14.3. The summed E-state index contributed by atoms with van der Waals surface area (Å²) < 4.78 is 0. The third kappa shape index (κ3) is 2.99. The van der Waals surface area contributed by atoms with Crippen LogP contribution in [0, 0.1) is 6.92 Å². The Kier molecular flexibility index (Phi) is 3.89.